The highest BCUT2D eigenvalue weighted by atomic mass is 16.1. The molecule has 0 atom stereocenters. The lowest BCUT2D eigenvalue weighted by atomic mass is 9.86. The van der Waals surface area contributed by atoms with Crippen LogP contribution < -0.4 is 11.1 Å². The summed E-state index contributed by atoms with van der Waals surface area (Å²) in [5, 5.41) is 3.43. The minimum Gasteiger partial charge on any atom is -0.385 e. The van der Waals surface area contributed by atoms with Gasteiger partial charge in [0.15, 0.2) is 5.78 Å². The number of hydrogen-bond donors (Lipinski definition) is 2. The molecule has 98 valence electrons. The minimum absolute atomic E-state index is 0.113. The third kappa shape index (κ3) is 3.57. The van der Waals surface area contributed by atoms with Gasteiger partial charge in [-0.1, -0.05) is 12.1 Å². The molecule has 0 aromatic heterocycles. The molecule has 0 unspecified atom stereocenters. The molecule has 3 nitrogen and oxygen atoms in total. The lowest BCUT2D eigenvalue weighted by molar-refractivity contribution is 0.101. The molecule has 0 heterocycles. The van der Waals surface area contributed by atoms with E-state index in [1.807, 2.05) is 24.3 Å². The zero-order valence-corrected chi connectivity index (χ0v) is 11.0. The zero-order valence-electron chi connectivity index (χ0n) is 11.0. The topological polar surface area (TPSA) is 55.1 Å². The molecule has 1 aliphatic carbocycles. The van der Waals surface area contributed by atoms with Crippen molar-refractivity contribution < 1.29 is 4.79 Å². The number of carbonyl (C=O) groups excluding carboxylic acids is 1. The van der Waals surface area contributed by atoms with Crippen LogP contribution in [0, 0.1) is 5.92 Å². The van der Waals surface area contributed by atoms with E-state index in [2.05, 4.69) is 5.32 Å². The number of hydrogen-bond acceptors (Lipinski definition) is 3. The Morgan fingerprint density at radius 3 is 2.72 bits per heavy atom. The molecule has 1 aromatic rings. The molecule has 3 heteroatoms. The van der Waals surface area contributed by atoms with Gasteiger partial charge in [-0.15, -0.1) is 0 Å². The summed E-state index contributed by atoms with van der Waals surface area (Å²) < 4.78 is 0. The van der Waals surface area contributed by atoms with Gasteiger partial charge in [-0.05, 0) is 50.7 Å². The first-order valence-corrected chi connectivity index (χ1v) is 6.75. The van der Waals surface area contributed by atoms with Crippen molar-refractivity contribution in [3.63, 3.8) is 0 Å². The Morgan fingerprint density at radius 2 is 2.06 bits per heavy atom. The Hall–Kier alpha value is -1.35. The third-order valence-electron chi connectivity index (χ3n) is 3.76. The van der Waals surface area contributed by atoms with E-state index >= 15 is 0 Å². The standard InChI is InChI=1S/C15H22N2O/c1-11(18)13-3-2-4-15(9-13)17-10-12-5-7-14(16)8-6-12/h2-4,9,12,14,17H,5-8,10,16H2,1H3/t12-,14-. The largest absolute Gasteiger partial charge is 0.385 e. The van der Waals surface area contributed by atoms with Crippen LogP contribution in [0.25, 0.3) is 0 Å². The van der Waals surface area contributed by atoms with Gasteiger partial charge in [0.1, 0.15) is 0 Å². The number of benzene rings is 1. The fraction of sp³-hybridized carbons (Fsp3) is 0.533. The monoisotopic (exact) mass is 246 g/mol. The SMILES string of the molecule is CC(=O)c1cccc(NC[C@H]2CC[C@H](N)CC2)c1. The number of rotatable bonds is 4. The van der Waals surface area contributed by atoms with Crippen LogP contribution >= 0.6 is 0 Å². The Morgan fingerprint density at radius 1 is 1.33 bits per heavy atom. The molecule has 18 heavy (non-hydrogen) atoms. The number of nitrogens with two attached hydrogens (primary N) is 1. The van der Waals surface area contributed by atoms with Crippen molar-refractivity contribution in [2.24, 2.45) is 11.7 Å². The fourth-order valence-electron chi connectivity index (χ4n) is 2.50. The summed E-state index contributed by atoms with van der Waals surface area (Å²) in [5.74, 6) is 0.827. The maximum absolute atomic E-state index is 11.3. The van der Waals surface area contributed by atoms with E-state index < -0.39 is 0 Å². The second-order valence-electron chi connectivity index (χ2n) is 5.30. The normalized spacial score (nSPS) is 23.7. The first-order valence-electron chi connectivity index (χ1n) is 6.75. The van der Waals surface area contributed by atoms with Crippen molar-refractivity contribution in [1.29, 1.82) is 0 Å². The Labute approximate surface area is 109 Å². The summed E-state index contributed by atoms with van der Waals surface area (Å²) >= 11 is 0. The highest BCUT2D eigenvalue weighted by Crippen LogP contribution is 2.23. The van der Waals surface area contributed by atoms with Gasteiger partial charge in [0.05, 0.1) is 0 Å². The van der Waals surface area contributed by atoms with E-state index in [0.717, 1.165) is 30.6 Å². The average Bonchev–Trinajstić information content (AvgIpc) is 2.38. The van der Waals surface area contributed by atoms with Crippen molar-refractivity contribution >= 4 is 11.5 Å². The van der Waals surface area contributed by atoms with E-state index in [4.69, 9.17) is 5.73 Å². The molecule has 0 radical (unpaired) electrons. The Balaban J connectivity index is 1.86. The smallest absolute Gasteiger partial charge is 0.159 e. The van der Waals surface area contributed by atoms with E-state index in [1.165, 1.54) is 12.8 Å². The number of Topliss-reactive ketones (excluding diaryl/α,β-unsaturated/α-hetero) is 1. The van der Waals surface area contributed by atoms with Crippen LogP contribution in [0.3, 0.4) is 0 Å². The van der Waals surface area contributed by atoms with Crippen LogP contribution in [-0.4, -0.2) is 18.4 Å². The van der Waals surface area contributed by atoms with Crippen LogP contribution in [0.15, 0.2) is 24.3 Å². The van der Waals surface area contributed by atoms with E-state index in [-0.39, 0.29) is 5.78 Å². The molecule has 0 bridgehead atoms. The highest BCUT2D eigenvalue weighted by molar-refractivity contribution is 5.94. The predicted octanol–water partition coefficient (Wildman–Crippen LogP) is 2.82. The van der Waals surface area contributed by atoms with Crippen LogP contribution in [0.5, 0.6) is 0 Å². The maximum atomic E-state index is 11.3. The summed E-state index contributed by atoms with van der Waals surface area (Å²) in [6.07, 6.45) is 4.70. The van der Waals surface area contributed by atoms with Gasteiger partial charge in [-0.3, -0.25) is 4.79 Å². The van der Waals surface area contributed by atoms with Crippen LogP contribution in [0.2, 0.25) is 0 Å². The van der Waals surface area contributed by atoms with Gasteiger partial charge >= 0.3 is 0 Å². The quantitative estimate of drug-likeness (QED) is 0.803. The third-order valence-corrected chi connectivity index (χ3v) is 3.76. The molecule has 0 spiro atoms. The van der Waals surface area contributed by atoms with Gasteiger partial charge < -0.3 is 11.1 Å². The Kier molecular flexibility index (Phi) is 4.37. The summed E-state index contributed by atoms with van der Waals surface area (Å²) in [7, 11) is 0. The molecule has 0 saturated heterocycles. The molecule has 1 aromatic carbocycles. The molecular weight excluding hydrogens is 224 g/mol. The van der Waals surface area contributed by atoms with Crippen LogP contribution in [0.4, 0.5) is 5.69 Å². The Bertz CT molecular complexity index is 409. The molecule has 1 saturated carbocycles. The molecular formula is C15H22N2O. The molecule has 1 aliphatic rings. The van der Waals surface area contributed by atoms with E-state index in [0.29, 0.717) is 12.0 Å². The van der Waals surface area contributed by atoms with Crippen LogP contribution in [0.1, 0.15) is 43.0 Å². The number of anilines is 1. The second kappa shape index (κ2) is 6.01. The molecule has 0 aliphatic heterocycles. The van der Waals surface area contributed by atoms with E-state index in [9.17, 15) is 4.79 Å². The summed E-state index contributed by atoms with van der Waals surface area (Å²) in [5.41, 5.74) is 7.71. The lowest BCUT2D eigenvalue weighted by Gasteiger charge is -2.26. The van der Waals surface area contributed by atoms with E-state index in [1.54, 1.807) is 6.92 Å². The molecule has 0 amide bonds. The van der Waals surface area contributed by atoms with Crippen molar-refractivity contribution in [3.8, 4) is 0 Å². The van der Waals surface area contributed by atoms with Gasteiger partial charge in [0.25, 0.3) is 0 Å². The summed E-state index contributed by atoms with van der Waals surface area (Å²) in [4.78, 5) is 11.3. The average molecular weight is 246 g/mol. The molecule has 1 fully saturated rings. The molecule has 2 rings (SSSR count). The van der Waals surface area contributed by atoms with Gasteiger partial charge in [-0.25, -0.2) is 0 Å². The maximum Gasteiger partial charge on any atom is 0.159 e. The first kappa shape index (κ1) is 13.1. The number of carbonyl (C=O) groups is 1. The predicted molar refractivity (Wildman–Crippen MR) is 74.9 cm³/mol. The highest BCUT2D eigenvalue weighted by Gasteiger charge is 2.18. The first-order chi connectivity index (χ1) is 8.65. The van der Waals surface area contributed by atoms with Crippen molar-refractivity contribution in [2.75, 3.05) is 11.9 Å². The van der Waals surface area contributed by atoms with Gasteiger partial charge in [0, 0.05) is 23.8 Å². The summed E-state index contributed by atoms with van der Waals surface area (Å²) in [6, 6.07) is 8.13. The van der Waals surface area contributed by atoms with Gasteiger partial charge in [-0.2, -0.15) is 0 Å². The fourth-order valence-corrected chi connectivity index (χ4v) is 2.50. The zero-order chi connectivity index (χ0) is 13.0. The second-order valence-corrected chi connectivity index (χ2v) is 5.30. The van der Waals surface area contributed by atoms with Gasteiger partial charge in [0.2, 0.25) is 0 Å². The number of ketones is 1. The van der Waals surface area contributed by atoms with Crippen molar-refractivity contribution in [3.05, 3.63) is 29.8 Å². The van der Waals surface area contributed by atoms with Crippen LogP contribution in [-0.2, 0) is 0 Å². The minimum atomic E-state index is 0.113. The summed E-state index contributed by atoms with van der Waals surface area (Å²) in [6.45, 7) is 2.58. The number of nitrogens with one attached hydrogen (secondary N) is 1. The molecule has 3 N–H and O–H groups in total. The van der Waals surface area contributed by atoms with Crippen molar-refractivity contribution in [2.45, 2.75) is 38.6 Å². The van der Waals surface area contributed by atoms with Crippen molar-refractivity contribution in [1.82, 2.24) is 0 Å². The lowest BCUT2D eigenvalue weighted by Crippen LogP contribution is -2.29.